The van der Waals surface area contributed by atoms with E-state index < -0.39 is 16.9 Å². The molecule has 0 saturated carbocycles. The lowest BCUT2D eigenvalue weighted by Gasteiger charge is -2.23. The van der Waals surface area contributed by atoms with E-state index in [0.29, 0.717) is 5.56 Å². The maximum Gasteiger partial charge on any atom is 0.352 e. The molecule has 22 heavy (non-hydrogen) atoms. The van der Waals surface area contributed by atoms with Crippen LogP contribution < -0.4 is 5.32 Å². The number of aliphatic carboxylic acids is 1. The van der Waals surface area contributed by atoms with Crippen molar-refractivity contribution in [2.75, 3.05) is 5.32 Å². The van der Waals surface area contributed by atoms with E-state index in [-0.39, 0.29) is 22.4 Å². The molecule has 0 unspecified atom stereocenters. The molecule has 1 aromatic carbocycles. The number of nitrogens with one attached hydrogen (secondary N) is 1. The number of hydrogen-bond acceptors (Lipinski definition) is 6. The largest absolute Gasteiger partial charge is 0.477 e. The van der Waals surface area contributed by atoms with E-state index >= 15 is 0 Å². The molecule has 10 heteroatoms. The Morgan fingerprint density at radius 1 is 1.50 bits per heavy atom. The van der Waals surface area contributed by atoms with Gasteiger partial charge in [0.25, 0.3) is 5.69 Å². The van der Waals surface area contributed by atoms with Gasteiger partial charge in [-0.25, -0.2) is 9.48 Å². The predicted molar refractivity (Wildman–Crippen MR) is 75.6 cm³/mol. The summed E-state index contributed by atoms with van der Waals surface area (Å²) in [6.07, 6.45) is 2.62. The van der Waals surface area contributed by atoms with E-state index in [1.807, 2.05) is 0 Å². The zero-order chi connectivity index (χ0) is 15.9. The molecular weight excluding hydrogens is 314 g/mol. The van der Waals surface area contributed by atoms with E-state index in [4.69, 9.17) is 16.7 Å². The van der Waals surface area contributed by atoms with Crippen molar-refractivity contribution in [2.45, 2.75) is 6.04 Å². The summed E-state index contributed by atoms with van der Waals surface area (Å²) in [5, 5.41) is 26.9. The Labute approximate surface area is 128 Å². The van der Waals surface area contributed by atoms with Gasteiger partial charge in [0.1, 0.15) is 18.1 Å². The van der Waals surface area contributed by atoms with Gasteiger partial charge in [0.05, 0.1) is 4.92 Å². The number of hydrogen-bond donors (Lipinski definition) is 2. The first-order valence-corrected chi connectivity index (χ1v) is 6.40. The summed E-state index contributed by atoms with van der Waals surface area (Å²) in [5.74, 6) is -0.965. The fraction of sp³-hybridized carbons (Fsp3) is 0.0833. The third-order valence-electron chi connectivity index (χ3n) is 3.15. The highest BCUT2D eigenvalue weighted by Crippen LogP contribution is 2.34. The first-order valence-electron chi connectivity index (χ1n) is 6.03. The van der Waals surface area contributed by atoms with Crippen molar-refractivity contribution < 1.29 is 14.8 Å². The van der Waals surface area contributed by atoms with Crippen molar-refractivity contribution in [2.24, 2.45) is 0 Å². The third-order valence-corrected chi connectivity index (χ3v) is 3.49. The molecule has 0 radical (unpaired) electrons. The van der Waals surface area contributed by atoms with E-state index in [2.05, 4.69) is 15.4 Å². The number of carbonyl (C=O) groups is 1. The van der Waals surface area contributed by atoms with Crippen molar-refractivity contribution in [1.82, 2.24) is 14.8 Å². The molecule has 2 aromatic rings. The molecule has 1 aromatic heterocycles. The minimum Gasteiger partial charge on any atom is -0.477 e. The first-order chi connectivity index (χ1) is 10.5. The average Bonchev–Trinajstić information content (AvgIpc) is 2.94. The molecule has 3 rings (SSSR count). The number of nitrogens with zero attached hydrogens (tertiary/aromatic N) is 4. The molecule has 0 saturated heterocycles. The zero-order valence-corrected chi connectivity index (χ0v) is 11.6. The summed E-state index contributed by atoms with van der Waals surface area (Å²) >= 11 is 6.11. The highest BCUT2D eigenvalue weighted by atomic mass is 35.5. The quantitative estimate of drug-likeness (QED) is 0.652. The number of nitro benzene ring substituents is 1. The van der Waals surface area contributed by atoms with Gasteiger partial charge in [-0.15, -0.1) is 0 Å². The van der Waals surface area contributed by atoms with Crippen LogP contribution in [0.15, 0.2) is 36.3 Å². The van der Waals surface area contributed by atoms with Gasteiger partial charge in [0, 0.05) is 22.7 Å². The SMILES string of the molecule is O=C(O)C1=C[C@H](c2cc([N+](=O)[O-])ccc2Cl)n2ncnc2N1. The van der Waals surface area contributed by atoms with Crippen LogP contribution in [0.2, 0.25) is 5.02 Å². The number of allylic oxidation sites excluding steroid dienone is 1. The molecule has 0 amide bonds. The second-order valence-electron chi connectivity index (χ2n) is 4.45. The van der Waals surface area contributed by atoms with Crippen molar-refractivity contribution in [1.29, 1.82) is 0 Å². The van der Waals surface area contributed by atoms with Gasteiger partial charge < -0.3 is 10.4 Å². The van der Waals surface area contributed by atoms with E-state index in [9.17, 15) is 14.9 Å². The Hall–Kier alpha value is -2.94. The standard InChI is InChI=1S/C12H8ClN5O4/c13-8-2-1-6(18(21)22)3-7(8)10-4-9(11(19)20)16-12-14-5-15-17(10)12/h1-5,10H,(H,19,20)(H,14,15,16)/t10-/m1/s1. The van der Waals surface area contributed by atoms with Crippen LogP contribution in [-0.4, -0.2) is 30.8 Å². The lowest BCUT2D eigenvalue weighted by molar-refractivity contribution is -0.384. The molecule has 0 spiro atoms. The summed E-state index contributed by atoms with van der Waals surface area (Å²) in [4.78, 5) is 25.5. The Balaban J connectivity index is 2.17. The van der Waals surface area contributed by atoms with Crippen LogP contribution in [-0.2, 0) is 4.79 Å². The molecule has 0 bridgehead atoms. The molecule has 1 aliphatic heterocycles. The van der Waals surface area contributed by atoms with E-state index in [1.165, 1.54) is 35.3 Å². The van der Waals surface area contributed by atoms with Crippen LogP contribution >= 0.6 is 11.6 Å². The Kier molecular flexibility index (Phi) is 3.26. The van der Waals surface area contributed by atoms with Gasteiger partial charge >= 0.3 is 5.97 Å². The molecule has 2 N–H and O–H groups in total. The summed E-state index contributed by atoms with van der Waals surface area (Å²) in [7, 11) is 0. The van der Waals surface area contributed by atoms with Crippen LogP contribution in [0.1, 0.15) is 11.6 Å². The number of halogens is 1. The number of rotatable bonds is 3. The van der Waals surface area contributed by atoms with Gasteiger partial charge in [0.15, 0.2) is 0 Å². The Morgan fingerprint density at radius 2 is 2.27 bits per heavy atom. The maximum absolute atomic E-state index is 11.2. The number of benzene rings is 1. The summed E-state index contributed by atoms with van der Waals surface area (Å²) in [6, 6.07) is 3.25. The fourth-order valence-electron chi connectivity index (χ4n) is 2.15. The molecule has 2 heterocycles. The summed E-state index contributed by atoms with van der Waals surface area (Å²) in [6.45, 7) is 0. The number of carboxylic acids is 1. The third kappa shape index (κ3) is 2.27. The van der Waals surface area contributed by atoms with Crippen LogP contribution in [0.5, 0.6) is 0 Å². The topological polar surface area (TPSA) is 123 Å². The molecule has 1 aliphatic rings. The highest BCUT2D eigenvalue weighted by Gasteiger charge is 2.28. The molecule has 0 fully saturated rings. The summed E-state index contributed by atoms with van der Waals surface area (Å²) < 4.78 is 1.40. The molecular formula is C12H8ClN5O4. The molecule has 1 atom stereocenters. The van der Waals surface area contributed by atoms with Crippen molar-refractivity contribution in [3.05, 3.63) is 57.0 Å². The van der Waals surface area contributed by atoms with Crippen LogP contribution in [0.3, 0.4) is 0 Å². The predicted octanol–water partition coefficient (Wildman–Crippen LogP) is 1.82. The number of nitro groups is 1. The van der Waals surface area contributed by atoms with E-state index in [0.717, 1.165) is 0 Å². The van der Waals surface area contributed by atoms with Crippen molar-refractivity contribution in [3.63, 3.8) is 0 Å². The van der Waals surface area contributed by atoms with Gasteiger partial charge in [0.2, 0.25) is 5.95 Å². The number of anilines is 1. The van der Waals surface area contributed by atoms with Gasteiger partial charge in [-0.2, -0.15) is 10.1 Å². The van der Waals surface area contributed by atoms with E-state index in [1.54, 1.807) is 0 Å². The Bertz CT molecular complexity index is 816. The highest BCUT2D eigenvalue weighted by molar-refractivity contribution is 6.31. The first kappa shape index (κ1) is 14.0. The minimum atomic E-state index is -1.18. The van der Waals surface area contributed by atoms with Crippen LogP contribution in [0.4, 0.5) is 11.6 Å². The lowest BCUT2D eigenvalue weighted by Crippen LogP contribution is -2.24. The van der Waals surface area contributed by atoms with Crippen molar-refractivity contribution >= 4 is 29.2 Å². The average molecular weight is 322 g/mol. The van der Waals surface area contributed by atoms with Gasteiger partial charge in [-0.3, -0.25) is 10.1 Å². The smallest absolute Gasteiger partial charge is 0.352 e. The van der Waals surface area contributed by atoms with Gasteiger partial charge in [-0.05, 0) is 12.1 Å². The number of fused-ring (bicyclic) bond motifs is 1. The minimum absolute atomic E-state index is 0.104. The lowest BCUT2D eigenvalue weighted by atomic mass is 10.0. The number of carboxylic acid groups (broad SMARTS) is 1. The normalized spacial score (nSPS) is 16.4. The number of aromatic nitrogens is 3. The van der Waals surface area contributed by atoms with Crippen molar-refractivity contribution in [3.8, 4) is 0 Å². The molecule has 112 valence electrons. The monoisotopic (exact) mass is 321 g/mol. The number of non-ortho nitro benzene ring substituents is 1. The second kappa shape index (κ2) is 5.11. The second-order valence-corrected chi connectivity index (χ2v) is 4.85. The van der Waals surface area contributed by atoms with Gasteiger partial charge in [-0.1, -0.05) is 11.6 Å². The fourth-order valence-corrected chi connectivity index (χ4v) is 2.38. The molecule has 0 aliphatic carbocycles. The molecule has 9 nitrogen and oxygen atoms in total. The van der Waals surface area contributed by atoms with Crippen LogP contribution in [0, 0.1) is 10.1 Å². The van der Waals surface area contributed by atoms with Crippen LogP contribution in [0.25, 0.3) is 0 Å². The summed E-state index contributed by atoms with van der Waals surface area (Å²) in [5.41, 5.74) is 0.112. The zero-order valence-electron chi connectivity index (χ0n) is 10.8. The maximum atomic E-state index is 11.2. The Morgan fingerprint density at radius 3 is 2.95 bits per heavy atom.